The smallest absolute Gasteiger partial charge is 0.410 e. The molecular formula is C19H26BNO7S. The van der Waals surface area contributed by atoms with E-state index in [-0.39, 0.29) is 19.3 Å². The quantitative estimate of drug-likeness (QED) is 0.467. The molecule has 2 aliphatic rings. The van der Waals surface area contributed by atoms with Gasteiger partial charge in [-0.15, -0.1) is 0 Å². The Morgan fingerprint density at radius 2 is 1.93 bits per heavy atom. The highest BCUT2D eigenvalue weighted by Crippen LogP contribution is 2.47. The Hall–Kier alpha value is -1.78. The molecule has 1 saturated carbocycles. The van der Waals surface area contributed by atoms with Crippen molar-refractivity contribution in [3.63, 3.8) is 0 Å². The molecule has 0 N–H and O–H groups in total. The van der Waals surface area contributed by atoms with Crippen LogP contribution >= 0.6 is 0 Å². The number of nitrogens with zero attached hydrogens (tertiary/aromatic N) is 1. The minimum atomic E-state index is -3.61. The summed E-state index contributed by atoms with van der Waals surface area (Å²) in [6.45, 7) is 0.912. The van der Waals surface area contributed by atoms with Crippen molar-refractivity contribution >= 4 is 24.3 Å². The molecule has 1 saturated heterocycles. The number of amides is 1. The van der Waals surface area contributed by atoms with Crippen LogP contribution in [0.5, 0.6) is 5.75 Å². The molecule has 2 unspecified atom stereocenters. The van der Waals surface area contributed by atoms with Gasteiger partial charge in [-0.2, -0.15) is 8.42 Å². The fourth-order valence-electron chi connectivity index (χ4n) is 4.33. The van der Waals surface area contributed by atoms with Gasteiger partial charge in [-0.3, -0.25) is 9.08 Å². The maximum Gasteiger partial charge on any atom is 0.410 e. The van der Waals surface area contributed by atoms with E-state index in [1.54, 1.807) is 12.0 Å². The molecule has 3 rings (SSSR count). The zero-order chi connectivity index (χ0) is 21.1. The average Bonchev–Trinajstić information content (AvgIpc) is 2.95. The van der Waals surface area contributed by atoms with E-state index in [9.17, 15) is 13.2 Å². The molecule has 1 amide bonds. The summed E-state index contributed by atoms with van der Waals surface area (Å²) in [5.41, 5.74) is -0.374. The van der Waals surface area contributed by atoms with Gasteiger partial charge in [0, 0.05) is 18.6 Å². The van der Waals surface area contributed by atoms with Crippen LogP contribution in [0.25, 0.3) is 0 Å². The fourth-order valence-corrected chi connectivity index (χ4v) is 4.79. The lowest BCUT2D eigenvalue weighted by atomic mass is 9.68. The van der Waals surface area contributed by atoms with E-state index >= 15 is 0 Å². The van der Waals surface area contributed by atoms with Crippen LogP contribution in [0.1, 0.15) is 31.2 Å². The molecule has 1 heterocycles. The number of hydrogen-bond acceptors (Lipinski definition) is 7. The van der Waals surface area contributed by atoms with Crippen LogP contribution in [0.4, 0.5) is 4.79 Å². The van der Waals surface area contributed by atoms with Gasteiger partial charge in [0.15, 0.2) is 0 Å². The van der Waals surface area contributed by atoms with E-state index in [1.807, 2.05) is 24.3 Å². The summed E-state index contributed by atoms with van der Waals surface area (Å²) in [4.78, 5) is 14.2. The van der Waals surface area contributed by atoms with Gasteiger partial charge in [-0.25, -0.2) is 4.79 Å². The van der Waals surface area contributed by atoms with E-state index < -0.39 is 21.1 Å². The molecule has 1 aliphatic heterocycles. The molecule has 0 aromatic heterocycles. The Morgan fingerprint density at radius 1 is 1.21 bits per heavy atom. The summed E-state index contributed by atoms with van der Waals surface area (Å²) in [6.07, 6.45) is 3.18. The second-order valence-electron chi connectivity index (χ2n) is 8.06. The van der Waals surface area contributed by atoms with Crippen LogP contribution in [0, 0.1) is 5.41 Å². The maximum absolute atomic E-state index is 12.6. The topological polar surface area (TPSA) is 91.4 Å². The van der Waals surface area contributed by atoms with Gasteiger partial charge in [-0.1, -0.05) is 12.1 Å². The highest BCUT2D eigenvalue weighted by atomic mass is 32.2. The molecule has 8 nitrogen and oxygen atoms in total. The van der Waals surface area contributed by atoms with E-state index in [1.165, 1.54) is 0 Å². The van der Waals surface area contributed by atoms with Crippen molar-refractivity contribution in [3.8, 4) is 5.75 Å². The summed E-state index contributed by atoms with van der Waals surface area (Å²) in [7, 11) is 3.31. The van der Waals surface area contributed by atoms with E-state index in [0.29, 0.717) is 32.4 Å². The lowest BCUT2D eigenvalue weighted by molar-refractivity contribution is -0.0592. The van der Waals surface area contributed by atoms with Crippen LogP contribution < -0.4 is 4.74 Å². The molecule has 1 aliphatic carbocycles. The van der Waals surface area contributed by atoms with Crippen molar-refractivity contribution in [3.05, 3.63) is 29.8 Å². The third kappa shape index (κ3) is 5.43. The van der Waals surface area contributed by atoms with Crippen molar-refractivity contribution in [2.45, 2.75) is 37.8 Å². The molecule has 2 fully saturated rings. The molecule has 29 heavy (non-hydrogen) atoms. The first kappa shape index (κ1) is 21.9. The fraction of sp³-hybridized carbons (Fsp3) is 0.632. The number of carbonyl (C=O) groups is 1. The highest BCUT2D eigenvalue weighted by Gasteiger charge is 2.53. The van der Waals surface area contributed by atoms with E-state index in [0.717, 1.165) is 24.0 Å². The van der Waals surface area contributed by atoms with Crippen molar-refractivity contribution in [2.75, 3.05) is 33.1 Å². The van der Waals surface area contributed by atoms with Crippen molar-refractivity contribution in [1.29, 1.82) is 0 Å². The van der Waals surface area contributed by atoms with Crippen molar-refractivity contribution in [1.82, 2.24) is 4.90 Å². The predicted octanol–water partition coefficient (Wildman–Crippen LogP) is 2.02. The van der Waals surface area contributed by atoms with Crippen molar-refractivity contribution in [2.24, 2.45) is 5.41 Å². The Balaban J connectivity index is 1.72. The molecule has 0 bridgehead atoms. The number of carbonyl (C=O) groups excluding carboxylic acids is 1. The summed E-state index contributed by atoms with van der Waals surface area (Å²) in [5.74, 6) is 0.749. The lowest BCUT2D eigenvalue weighted by Gasteiger charge is -2.44. The third-order valence-electron chi connectivity index (χ3n) is 5.58. The Bertz CT molecular complexity index is 827. The van der Waals surface area contributed by atoms with E-state index in [4.69, 9.17) is 26.4 Å². The second kappa shape index (κ2) is 8.53. The molecule has 1 spiro atoms. The summed E-state index contributed by atoms with van der Waals surface area (Å²) in [6, 6.07) is 7.51. The monoisotopic (exact) mass is 423 g/mol. The lowest BCUT2D eigenvalue weighted by Crippen LogP contribution is -2.48. The average molecular weight is 423 g/mol. The van der Waals surface area contributed by atoms with Gasteiger partial charge in [0.25, 0.3) is 18.2 Å². The molecule has 158 valence electrons. The van der Waals surface area contributed by atoms with Gasteiger partial charge in [-0.05, 0) is 43.4 Å². The number of benzene rings is 1. The number of methoxy groups -OCH3 is 1. The first-order valence-electron chi connectivity index (χ1n) is 9.45. The largest absolute Gasteiger partial charge is 0.497 e. The normalized spacial score (nSPS) is 27.2. The summed E-state index contributed by atoms with van der Waals surface area (Å²) < 4.78 is 43.9. The molecule has 10 heteroatoms. The van der Waals surface area contributed by atoms with Gasteiger partial charge < -0.3 is 14.1 Å². The zero-order valence-corrected chi connectivity index (χ0v) is 17.6. The standard InChI is InChI=1S/C19H26BNO7S/c1-25-16-6-4-15(5-7-16)10-21-12-19(28-17(21)22)9-3-8-18(11-19,13-26-20)14-27-29(2,23)24/h4-7H,3,8-14H2,1-2H3. The summed E-state index contributed by atoms with van der Waals surface area (Å²) in [5, 5.41) is 0. The van der Waals surface area contributed by atoms with Crippen LogP contribution in [0.2, 0.25) is 0 Å². The maximum atomic E-state index is 12.6. The Morgan fingerprint density at radius 3 is 2.55 bits per heavy atom. The minimum Gasteiger partial charge on any atom is -0.497 e. The number of ether oxygens (including phenoxy) is 2. The van der Waals surface area contributed by atoms with Gasteiger partial charge >= 0.3 is 6.09 Å². The van der Waals surface area contributed by atoms with Gasteiger partial charge in [0.2, 0.25) is 0 Å². The second-order valence-corrected chi connectivity index (χ2v) is 9.71. The summed E-state index contributed by atoms with van der Waals surface area (Å²) >= 11 is 0. The first-order valence-corrected chi connectivity index (χ1v) is 11.3. The Kier molecular flexibility index (Phi) is 6.45. The predicted molar refractivity (Wildman–Crippen MR) is 106 cm³/mol. The minimum absolute atomic E-state index is 0.0547. The van der Waals surface area contributed by atoms with E-state index in [2.05, 4.69) is 0 Å². The van der Waals surface area contributed by atoms with Crippen molar-refractivity contribution < 1.29 is 31.5 Å². The number of hydrogen-bond donors (Lipinski definition) is 0. The van der Waals surface area contributed by atoms with Crippen LogP contribution in [-0.4, -0.2) is 66.2 Å². The zero-order valence-electron chi connectivity index (χ0n) is 16.8. The van der Waals surface area contributed by atoms with Crippen LogP contribution in [0.15, 0.2) is 24.3 Å². The molecule has 1 aromatic rings. The molecule has 2 atom stereocenters. The van der Waals surface area contributed by atoms with Gasteiger partial charge in [0.1, 0.15) is 11.4 Å². The highest BCUT2D eigenvalue weighted by molar-refractivity contribution is 7.85. The first-order chi connectivity index (χ1) is 13.7. The molecule has 2 radical (unpaired) electrons. The third-order valence-corrected chi connectivity index (χ3v) is 6.12. The van der Waals surface area contributed by atoms with Crippen LogP contribution in [0.3, 0.4) is 0 Å². The SMILES string of the molecule is [B]OCC1(COS(C)(=O)=O)CCCC2(CN(Cc3ccc(OC)cc3)C(=O)O2)C1. The molecule has 1 aromatic carbocycles. The van der Waals surface area contributed by atoms with Gasteiger partial charge in [0.05, 0.1) is 26.5 Å². The molecular weight excluding hydrogens is 397 g/mol. The van der Waals surface area contributed by atoms with Crippen LogP contribution in [-0.2, 0) is 30.2 Å². The Labute approximate surface area is 173 Å². The number of rotatable bonds is 8.